The fourth-order valence-corrected chi connectivity index (χ4v) is 3.48. The van der Waals surface area contributed by atoms with Crippen molar-refractivity contribution in [1.82, 2.24) is 5.32 Å². The van der Waals surface area contributed by atoms with Gasteiger partial charge in [-0.15, -0.1) is 0 Å². The maximum Gasteiger partial charge on any atom is 0.387 e. The summed E-state index contributed by atoms with van der Waals surface area (Å²) < 4.78 is 28.3. The minimum absolute atomic E-state index is 0.0271. The van der Waals surface area contributed by atoms with E-state index in [-0.39, 0.29) is 17.2 Å². The van der Waals surface area contributed by atoms with Crippen molar-refractivity contribution in [2.45, 2.75) is 25.5 Å². The summed E-state index contributed by atoms with van der Waals surface area (Å²) in [6.45, 7) is -0.897. The van der Waals surface area contributed by atoms with E-state index in [0.29, 0.717) is 16.2 Å². The van der Waals surface area contributed by atoms with Gasteiger partial charge in [0.05, 0.1) is 5.54 Å². The minimum atomic E-state index is -2.87. The van der Waals surface area contributed by atoms with Crippen LogP contribution in [0.5, 0.6) is 5.75 Å². The van der Waals surface area contributed by atoms with Crippen LogP contribution in [-0.2, 0) is 0 Å². The predicted molar refractivity (Wildman–Crippen MR) is 81.2 cm³/mol. The normalized spacial score (nSPS) is 11.5. The molecule has 0 aliphatic carbocycles. The largest absolute Gasteiger partial charge is 0.435 e. The van der Waals surface area contributed by atoms with Gasteiger partial charge in [0, 0.05) is 16.2 Å². The molecule has 112 valence electrons. The van der Waals surface area contributed by atoms with Crippen molar-refractivity contribution < 1.29 is 18.3 Å². The molecule has 1 amide bonds. The van der Waals surface area contributed by atoms with Gasteiger partial charge >= 0.3 is 6.61 Å². The molecular formula is C13H15Br2F2NO2. The highest BCUT2D eigenvalue weighted by atomic mass is 79.9. The SMILES string of the molecule is CCC(CBr)(CBr)NC(=O)c1ccc(OC(F)F)cc1. The lowest BCUT2D eigenvalue weighted by Gasteiger charge is -2.30. The molecule has 0 bridgehead atoms. The number of hydrogen-bond acceptors (Lipinski definition) is 2. The molecule has 7 heteroatoms. The second-order valence-corrected chi connectivity index (χ2v) is 5.38. The van der Waals surface area contributed by atoms with Crippen molar-refractivity contribution in [3.63, 3.8) is 0 Å². The van der Waals surface area contributed by atoms with Gasteiger partial charge in [-0.3, -0.25) is 4.79 Å². The van der Waals surface area contributed by atoms with E-state index in [0.717, 1.165) is 6.42 Å². The number of amides is 1. The van der Waals surface area contributed by atoms with E-state index in [9.17, 15) is 13.6 Å². The minimum Gasteiger partial charge on any atom is -0.435 e. The van der Waals surface area contributed by atoms with E-state index in [1.54, 1.807) is 0 Å². The molecule has 0 radical (unpaired) electrons. The van der Waals surface area contributed by atoms with Gasteiger partial charge in [-0.05, 0) is 30.7 Å². The molecule has 1 N–H and O–H groups in total. The van der Waals surface area contributed by atoms with Gasteiger partial charge in [0.25, 0.3) is 5.91 Å². The summed E-state index contributed by atoms with van der Waals surface area (Å²) in [5.74, 6) is -0.228. The van der Waals surface area contributed by atoms with Crippen molar-refractivity contribution in [3.05, 3.63) is 29.8 Å². The number of benzene rings is 1. The van der Waals surface area contributed by atoms with Crippen LogP contribution >= 0.6 is 31.9 Å². The van der Waals surface area contributed by atoms with Gasteiger partial charge in [-0.1, -0.05) is 38.8 Å². The molecule has 1 aromatic carbocycles. The molecule has 0 aliphatic rings. The van der Waals surface area contributed by atoms with E-state index < -0.39 is 6.61 Å². The Hall–Kier alpha value is -0.690. The lowest BCUT2D eigenvalue weighted by atomic mass is 10.0. The molecular weight excluding hydrogens is 400 g/mol. The van der Waals surface area contributed by atoms with Crippen LogP contribution in [-0.4, -0.2) is 28.7 Å². The quantitative estimate of drug-likeness (QED) is 0.686. The number of nitrogens with one attached hydrogen (secondary N) is 1. The molecule has 1 aromatic rings. The van der Waals surface area contributed by atoms with Crippen LogP contribution < -0.4 is 10.1 Å². The first kappa shape index (κ1) is 17.4. The van der Waals surface area contributed by atoms with E-state index in [2.05, 4.69) is 41.9 Å². The maximum atomic E-state index is 12.1. The molecule has 1 rings (SSSR count). The first-order chi connectivity index (χ1) is 9.46. The number of hydrogen-bond donors (Lipinski definition) is 1. The van der Waals surface area contributed by atoms with E-state index in [1.807, 2.05) is 6.92 Å². The zero-order chi connectivity index (χ0) is 15.2. The van der Waals surface area contributed by atoms with Crippen LogP contribution in [0.2, 0.25) is 0 Å². The summed E-state index contributed by atoms with van der Waals surface area (Å²) in [6.07, 6.45) is 0.752. The number of alkyl halides is 4. The van der Waals surface area contributed by atoms with Crippen LogP contribution in [0.25, 0.3) is 0 Å². The van der Waals surface area contributed by atoms with Crippen LogP contribution in [0.4, 0.5) is 8.78 Å². The van der Waals surface area contributed by atoms with Gasteiger partial charge in [-0.2, -0.15) is 8.78 Å². The molecule has 0 fully saturated rings. The van der Waals surface area contributed by atoms with Crippen molar-refractivity contribution >= 4 is 37.8 Å². The van der Waals surface area contributed by atoms with Gasteiger partial charge in [0.15, 0.2) is 0 Å². The lowest BCUT2D eigenvalue weighted by Crippen LogP contribution is -2.51. The van der Waals surface area contributed by atoms with E-state index in [1.165, 1.54) is 24.3 Å². The number of halogens is 4. The number of carbonyl (C=O) groups excluding carboxylic acids is 1. The Morgan fingerprint density at radius 1 is 1.30 bits per heavy atom. The summed E-state index contributed by atoms with van der Waals surface area (Å²) in [7, 11) is 0. The smallest absolute Gasteiger partial charge is 0.387 e. The zero-order valence-corrected chi connectivity index (χ0v) is 14.0. The van der Waals surface area contributed by atoms with Crippen LogP contribution in [0, 0.1) is 0 Å². The second kappa shape index (κ2) is 7.93. The fourth-order valence-electron chi connectivity index (χ4n) is 1.48. The summed E-state index contributed by atoms with van der Waals surface area (Å²) in [5, 5.41) is 4.16. The first-order valence-electron chi connectivity index (χ1n) is 5.95. The Morgan fingerprint density at radius 2 is 1.85 bits per heavy atom. The number of ether oxygens (including phenoxy) is 1. The average molecular weight is 415 g/mol. The molecule has 0 unspecified atom stereocenters. The van der Waals surface area contributed by atoms with Gasteiger partial charge in [-0.25, -0.2) is 0 Å². The molecule has 0 heterocycles. The molecule has 0 spiro atoms. The highest BCUT2D eigenvalue weighted by Crippen LogP contribution is 2.19. The van der Waals surface area contributed by atoms with Crippen LogP contribution in [0.15, 0.2) is 24.3 Å². The average Bonchev–Trinajstić information content (AvgIpc) is 2.45. The molecule has 20 heavy (non-hydrogen) atoms. The maximum absolute atomic E-state index is 12.1. The Labute approximate surface area is 133 Å². The van der Waals surface area contributed by atoms with Crippen molar-refractivity contribution in [3.8, 4) is 5.75 Å². The summed E-state index contributed by atoms with van der Waals surface area (Å²) >= 11 is 6.77. The monoisotopic (exact) mass is 413 g/mol. The Kier molecular flexibility index (Phi) is 6.88. The van der Waals surface area contributed by atoms with E-state index in [4.69, 9.17) is 0 Å². The topological polar surface area (TPSA) is 38.3 Å². The highest BCUT2D eigenvalue weighted by Gasteiger charge is 2.28. The van der Waals surface area contributed by atoms with Crippen LogP contribution in [0.1, 0.15) is 23.7 Å². The van der Waals surface area contributed by atoms with Gasteiger partial charge < -0.3 is 10.1 Å². The second-order valence-electron chi connectivity index (χ2n) is 4.26. The third-order valence-corrected chi connectivity index (χ3v) is 5.06. The molecule has 3 nitrogen and oxygen atoms in total. The Morgan fingerprint density at radius 3 is 2.25 bits per heavy atom. The molecule has 0 saturated heterocycles. The zero-order valence-electron chi connectivity index (χ0n) is 10.8. The highest BCUT2D eigenvalue weighted by molar-refractivity contribution is 9.09. The van der Waals surface area contributed by atoms with E-state index >= 15 is 0 Å². The Balaban J connectivity index is 2.77. The standard InChI is InChI=1S/C13H15Br2F2NO2/c1-2-13(7-14,8-15)18-11(19)9-3-5-10(6-4-9)20-12(16)17/h3-6,12H,2,7-8H2,1H3,(H,18,19). The van der Waals surface area contributed by atoms with Crippen molar-refractivity contribution in [2.75, 3.05) is 10.7 Å². The first-order valence-corrected chi connectivity index (χ1v) is 8.20. The van der Waals surface area contributed by atoms with Crippen molar-refractivity contribution in [1.29, 1.82) is 0 Å². The third kappa shape index (κ3) is 4.70. The Bertz CT molecular complexity index is 428. The fraction of sp³-hybridized carbons (Fsp3) is 0.462. The van der Waals surface area contributed by atoms with Gasteiger partial charge in [0.1, 0.15) is 5.75 Å². The lowest BCUT2D eigenvalue weighted by molar-refractivity contribution is -0.0498. The van der Waals surface area contributed by atoms with Crippen molar-refractivity contribution in [2.24, 2.45) is 0 Å². The predicted octanol–water partition coefficient (Wildman–Crippen LogP) is 3.96. The van der Waals surface area contributed by atoms with Crippen LogP contribution in [0.3, 0.4) is 0 Å². The molecule has 0 aromatic heterocycles. The number of carbonyl (C=O) groups is 1. The third-order valence-electron chi connectivity index (χ3n) is 2.91. The molecule has 0 aliphatic heterocycles. The molecule has 0 atom stereocenters. The summed E-state index contributed by atoms with van der Waals surface area (Å²) in [6, 6.07) is 5.60. The van der Waals surface area contributed by atoms with Gasteiger partial charge in [0.2, 0.25) is 0 Å². The summed E-state index contributed by atoms with van der Waals surface area (Å²) in [5.41, 5.74) is 0.0150. The number of rotatable bonds is 7. The molecule has 0 saturated carbocycles. The summed E-state index contributed by atoms with van der Waals surface area (Å²) in [4.78, 5) is 12.1.